The first kappa shape index (κ1) is 15.7. The number of hydrogen-bond acceptors (Lipinski definition) is 1. The quantitative estimate of drug-likeness (QED) is 0.644. The van der Waals surface area contributed by atoms with Crippen molar-refractivity contribution in [2.24, 2.45) is 0 Å². The van der Waals surface area contributed by atoms with E-state index < -0.39 is 0 Å². The number of rotatable bonds is 1. The highest BCUT2D eigenvalue weighted by atomic mass is 14.9. The molecular formula is C24H21N. The van der Waals surface area contributed by atoms with Gasteiger partial charge in [0.15, 0.2) is 0 Å². The summed E-state index contributed by atoms with van der Waals surface area (Å²) in [6.45, 7) is 3.10. The molecule has 1 heterocycles. The predicted molar refractivity (Wildman–Crippen MR) is 104 cm³/mol. The summed E-state index contributed by atoms with van der Waals surface area (Å²) in [7, 11) is 0. The summed E-state index contributed by atoms with van der Waals surface area (Å²) in [5.41, 5.74) is 7.48. The summed E-state index contributed by atoms with van der Waals surface area (Å²) in [4.78, 5) is 0. The Labute approximate surface area is 149 Å². The average molecular weight is 323 g/mol. The monoisotopic (exact) mass is 323 g/mol. The second-order valence-corrected chi connectivity index (χ2v) is 6.54. The van der Waals surface area contributed by atoms with E-state index in [2.05, 4.69) is 96.9 Å². The molecule has 0 spiro atoms. The van der Waals surface area contributed by atoms with Gasteiger partial charge >= 0.3 is 0 Å². The lowest BCUT2D eigenvalue weighted by Gasteiger charge is -2.28. The largest absolute Gasteiger partial charge is 0.306 e. The number of benzene rings is 3. The third kappa shape index (κ3) is 3.36. The first-order valence-electron chi connectivity index (χ1n) is 8.80. The maximum Gasteiger partial charge on any atom is 0.0591 e. The van der Waals surface area contributed by atoms with Crippen molar-refractivity contribution < 1.29 is 0 Å². The van der Waals surface area contributed by atoms with E-state index in [0.29, 0.717) is 0 Å². The van der Waals surface area contributed by atoms with Crippen LogP contribution in [0.4, 0.5) is 0 Å². The fourth-order valence-corrected chi connectivity index (χ4v) is 3.42. The first-order valence-corrected chi connectivity index (χ1v) is 8.80. The van der Waals surface area contributed by atoms with E-state index >= 15 is 0 Å². The van der Waals surface area contributed by atoms with Crippen molar-refractivity contribution in [3.05, 3.63) is 106 Å². The highest BCUT2D eigenvalue weighted by Gasteiger charge is 2.22. The van der Waals surface area contributed by atoms with Crippen LogP contribution in [0, 0.1) is 18.8 Å². The van der Waals surface area contributed by atoms with Gasteiger partial charge in [-0.1, -0.05) is 72.0 Å². The van der Waals surface area contributed by atoms with E-state index in [1.807, 2.05) is 0 Å². The Hall–Kier alpha value is -2.82. The van der Waals surface area contributed by atoms with Gasteiger partial charge in [-0.25, -0.2) is 0 Å². The molecule has 0 radical (unpaired) electrons. The minimum Gasteiger partial charge on any atom is -0.306 e. The van der Waals surface area contributed by atoms with Gasteiger partial charge in [-0.2, -0.15) is 0 Å². The molecule has 1 N–H and O–H groups in total. The van der Waals surface area contributed by atoms with Crippen molar-refractivity contribution in [3.63, 3.8) is 0 Å². The summed E-state index contributed by atoms with van der Waals surface area (Å²) < 4.78 is 0. The number of nitrogens with one attached hydrogen (secondary N) is 1. The van der Waals surface area contributed by atoms with E-state index in [1.165, 1.54) is 22.3 Å². The van der Waals surface area contributed by atoms with E-state index in [0.717, 1.165) is 24.1 Å². The maximum absolute atomic E-state index is 3.67. The van der Waals surface area contributed by atoms with Crippen LogP contribution in [0.5, 0.6) is 0 Å². The molecule has 0 aromatic heterocycles. The summed E-state index contributed by atoms with van der Waals surface area (Å²) in [5.74, 6) is 6.70. The fraction of sp³-hybridized carbons (Fsp3) is 0.167. The van der Waals surface area contributed by atoms with E-state index in [9.17, 15) is 0 Å². The number of aryl methyl sites for hydroxylation is 1. The molecule has 0 saturated heterocycles. The normalized spacial score (nSPS) is 15.8. The fourth-order valence-electron chi connectivity index (χ4n) is 3.42. The molecule has 0 amide bonds. The predicted octanol–water partition coefficient (Wildman–Crippen LogP) is 4.63. The van der Waals surface area contributed by atoms with Crippen LogP contribution in [0.15, 0.2) is 72.8 Å². The molecule has 25 heavy (non-hydrogen) atoms. The van der Waals surface area contributed by atoms with Crippen molar-refractivity contribution >= 4 is 0 Å². The molecule has 0 fully saturated rings. The average Bonchev–Trinajstić information content (AvgIpc) is 2.67. The Morgan fingerprint density at radius 2 is 1.52 bits per heavy atom. The molecule has 1 heteroatoms. The van der Waals surface area contributed by atoms with E-state index in [4.69, 9.17) is 0 Å². The van der Waals surface area contributed by atoms with Crippen LogP contribution < -0.4 is 5.32 Å². The van der Waals surface area contributed by atoms with E-state index in [1.54, 1.807) is 0 Å². The molecule has 1 aliphatic heterocycles. The molecule has 0 aliphatic carbocycles. The zero-order valence-corrected chi connectivity index (χ0v) is 14.4. The molecule has 0 saturated carbocycles. The van der Waals surface area contributed by atoms with Crippen LogP contribution in [-0.4, -0.2) is 6.54 Å². The lowest BCUT2D eigenvalue weighted by Crippen LogP contribution is -2.31. The molecule has 1 nitrogen and oxygen atoms in total. The van der Waals surface area contributed by atoms with Gasteiger partial charge in [-0.05, 0) is 48.2 Å². The van der Waals surface area contributed by atoms with Gasteiger partial charge in [0, 0.05) is 17.7 Å². The van der Waals surface area contributed by atoms with Gasteiger partial charge in [0.2, 0.25) is 0 Å². The van der Waals surface area contributed by atoms with Crippen LogP contribution in [0.3, 0.4) is 0 Å². The highest BCUT2D eigenvalue weighted by Crippen LogP contribution is 2.30. The van der Waals surface area contributed by atoms with Crippen molar-refractivity contribution in [1.29, 1.82) is 0 Å². The topological polar surface area (TPSA) is 12.0 Å². The zero-order chi connectivity index (χ0) is 17.1. The Morgan fingerprint density at radius 1 is 0.800 bits per heavy atom. The van der Waals surface area contributed by atoms with Crippen molar-refractivity contribution in [2.75, 3.05) is 6.54 Å². The third-order valence-corrected chi connectivity index (χ3v) is 4.77. The Balaban J connectivity index is 1.73. The maximum atomic E-state index is 3.67. The molecule has 1 aliphatic rings. The van der Waals surface area contributed by atoms with Crippen LogP contribution >= 0.6 is 0 Å². The lowest BCUT2D eigenvalue weighted by atomic mass is 9.88. The van der Waals surface area contributed by atoms with Crippen LogP contribution in [0.25, 0.3) is 0 Å². The Morgan fingerprint density at radius 3 is 2.36 bits per heavy atom. The first-order chi connectivity index (χ1) is 12.3. The summed E-state index contributed by atoms with van der Waals surface area (Å²) in [6, 6.07) is 25.8. The van der Waals surface area contributed by atoms with Crippen LogP contribution in [-0.2, 0) is 6.42 Å². The number of fused-ring (bicyclic) bond motifs is 1. The molecule has 1 atom stereocenters. The lowest BCUT2D eigenvalue weighted by molar-refractivity contribution is 0.567. The van der Waals surface area contributed by atoms with Gasteiger partial charge in [0.25, 0.3) is 0 Å². The smallest absolute Gasteiger partial charge is 0.0591 e. The molecule has 1 unspecified atom stereocenters. The Bertz CT molecular complexity index is 942. The second kappa shape index (κ2) is 6.97. The summed E-state index contributed by atoms with van der Waals surface area (Å²) in [5, 5.41) is 3.67. The van der Waals surface area contributed by atoms with Gasteiger partial charge in [-0.3, -0.25) is 0 Å². The number of hydrogen-bond donors (Lipinski definition) is 1. The summed E-state index contributed by atoms with van der Waals surface area (Å²) in [6.07, 6.45) is 1.09. The molecular weight excluding hydrogens is 302 g/mol. The summed E-state index contributed by atoms with van der Waals surface area (Å²) >= 11 is 0. The zero-order valence-electron chi connectivity index (χ0n) is 14.4. The molecule has 122 valence electrons. The van der Waals surface area contributed by atoms with Crippen molar-refractivity contribution in [3.8, 4) is 11.8 Å². The molecule has 0 bridgehead atoms. The standard InChI is InChI=1S/C24H21N/c1-18-10-12-19(13-11-18)14-15-20-6-2-4-8-22(20)24-23-9-5-3-7-21(23)16-17-25-24/h2-13,24-25H,16-17H2,1H3. The van der Waals surface area contributed by atoms with Crippen molar-refractivity contribution in [2.45, 2.75) is 19.4 Å². The molecule has 3 aromatic rings. The third-order valence-electron chi connectivity index (χ3n) is 4.77. The van der Waals surface area contributed by atoms with Crippen LogP contribution in [0.2, 0.25) is 0 Å². The van der Waals surface area contributed by atoms with Crippen molar-refractivity contribution in [1.82, 2.24) is 5.32 Å². The molecule has 4 rings (SSSR count). The van der Waals surface area contributed by atoms with Crippen LogP contribution in [0.1, 0.15) is 39.4 Å². The van der Waals surface area contributed by atoms with Gasteiger partial charge in [0.05, 0.1) is 6.04 Å². The second-order valence-electron chi connectivity index (χ2n) is 6.54. The SMILES string of the molecule is Cc1ccc(C#Cc2ccccc2C2NCCc3ccccc32)cc1. The minimum atomic E-state index is 0.216. The minimum absolute atomic E-state index is 0.216. The highest BCUT2D eigenvalue weighted by molar-refractivity contribution is 5.51. The van der Waals surface area contributed by atoms with Gasteiger partial charge in [-0.15, -0.1) is 0 Å². The van der Waals surface area contributed by atoms with E-state index in [-0.39, 0.29) is 6.04 Å². The van der Waals surface area contributed by atoms with Gasteiger partial charge in [0.1, 0.15) is 0 Å². The van der Waals surface area contributed by atoms with Gasteiger partial charge < -0.3 is 5.32 Å². The Kier molecular flexibility index (Phi) is 4.37. The molecule has 3 aromatic carbocycles.